The van der Waals surface area contributed by atoms with E-state index in [0.29, 0.717) is 12.0 Å². The summed E-state index contributed by atoms with van der Waals surface area (Å²) < 4.78 is 0. The summed E-state index contributed by atoms with van der Waals surface area (Å²) in [4.78, 5) is 6.43. The van der Waals surface area contributed by atoms with Crippen molar-refractivity contribution in [2.45, 2.75) is 38.6 Å². The fourth-order valence-electron chi connectivity index (χ4n) is 3.63. The predicted octanol–water partition coefficient (Wildman–Crippen LogP) is 2.54. The average Bonchev–Trinajstić information content (AvgIpc) is 2.61. The molecule has 3 heterocycles. The van der Waals surface area contributed by atoms with E-state index in [1.54, 1.807) is 0 Å². The van der Waals surface area contributed by atoms with E-state index in [9.17, 15) is 0 Å². The van der Waals surface area contributed by atoms with Crippen molar-refractivity contribution in [1.29, 1.82) is 0 Å². The second kappa shape index (κ2) is 6.85. The molecular weight excluding hydrogens is 298 g/mol. The van der Waals surface area contributed by atoms with Gasteiger partial charge in [0, 0.05) is 44.0 Å². The molecule has 2 aromatic heterocycles. The van der Waals surface area contributed by atoms with Crippen molar-refractivity contribution in [1.82, 2.24) is 20.5 Å². The summed E-state index contributed by atoms with van der Waals surface area (Å²) in [6.07, 6.45) is 8.52. The van der Waals surface area contributed by atoms with Crippen LogP contribution in [0.15, 0.2) is 30.6 Å². The Morgan fingerprint density at radius 2 is 1.96 bits per heavy atom. The van der Waals surface area contributed by atoms with Gasteiger partial charge in [-0.3, -0.25) is 4.98 Å². The van der Waals surface area contributed by atoms with Gasteiger partial charge in [-0.25, -0.2) is 0 Å². The summed E-state index contributed by atoms with van der Waals surface area (Å²) in [6.45, 7) is 5.39. The number of nitrogens with zero attached hydrogens (tertiary/aromatic N) is 4. The van der Waals surface area contributed by atoms with Crippen molar-refractivity contribution in [3.8, 4) is 0 Å². The highest BCUT2D eigenvalue weighted by Gasteiger charge is 2.28. The second-order valence-corrected chi connectivity index (χ2v) is 7.06. The number of anilines is 1. The molecule has 1 N–H and O–H groups in total. The van der Waals surface area contributed by atoms with E-state index in [2.05, 4.69) is 50.5 Å². The molecule has 5 heteroatoms. The lowest BCUT2D eigenvalue weighted by Crippen LogP contribution is -2.51. The lowest BCUT2D eigenvalue weighted by Gasteiger charge is -2.40. The third kappa shape index (κ3) is 3.26. The molecule has 0 amide bonds. The van der Waals surface area contributed by atoms with Gasteiger partial charge >= 0.3 is 0 Å². The zero-order chi connectivity index (χ0) is 16.4. The highest BCUT2D eigenvalue weighted by molar-refractivity contribution is 5.44. The number of fused-ring (bicyclic) bond motifs is 1. The number of aromatic nitrogens is 3. The Morgan fingerprint density at radius 3 is 2.79 bits per heavy atom. The molecule has 2 aliphatic rings. The van der Waals surface area contributed by atoms with Crippen LogP contribution in [-0.4, -0.2) is 34.8 Å². The normalized spacial score (nSPS) is 18.8. The predicted molar refractivity (Wildman–Crippen MR) is 95.0 cm³/mol. The summed E-state index contributed by atoms with van der Waals surface area (Å²) >= 11 is 0. The van der Waals surface area contributed by atoms with Crippen LogP contribution in [0.1, 0.15) is 42.6 Å². The summed E-state index contributed by atoms with van der Waals surface area (Å²) in [6, 6.07) is 6.79. The first-order valence-electron chi connectivity index (χ1n) is 9.03. The molecule has 24 heavy (non-hydrogen) atoms. The maximum absolute atomic E-state index is 4.45. The second-order valence-electron chi connectivity index (χ2n) is 7.06. The van der Waals surface area contributed by atoms with Gasteiger partial charge < -0.3 is 10.2 Å². The van der Waals surface area contributed by atoms with Crippen LogP contribution in [-0.2, 0) is 12.8 Å². The van der Waals surface area contributed by atoms with Crippen LogP contribution in [0.2, 0.25) is 0 Å². The van der Waals surface area contributed by atoms with Crippen molar-refractivity contribution in [2.24, 2.45) is 5.92 Å². The monoisotopic (exact) mass is 323 g/mol. The average molecular weight is 323 g/mol. The van der Waals surface area contributed by atoms with E-state index in [1.165, 1.54) is 36.1 Å². The van der Waals surface area contributed by atoms with E-state index in [-0.39, 0.29) is 0 Å². The molecule has 1 atom stereocenters. The zero-order valence-electron chi connectivity index (χ0n) is 14.3. The molecule has 0 aromatic carbocycles. The Morgan fingerprint density at radius 1 is 1.17 bits per heavy atom. The SMILES string of the molecule is CC(NCC1CN(c2cc3c(nn2)CCCC3)C1)c1ccncc1. The van der Waals surface area contributed by atoms with Gasteiger partial charge in [0.15, 0.2) is 5.82 Å². The van der Waals surface area contributed by atoms with Crippen LogP contribution in [0.3, 0.4) is 0 Å². The van der Waals surface area contributed by atoms with Crippen molar-refractivity contribution in [3.63, 3.8) is 0 Å². The molecule has 126 valence electrons. The first kappa shape index (κ1) is 15.5. The first-order chi connectivity index (χ1) is 11.8. The number of hydrogen-bond donors (Lipinski definition) is 1. The Hall–Kier alpha value is -2.01. The molecule has 1 unspecified atom stereocenters. The minimum Gasteiger partial charge on any atom is -0.354 e. The highest BCUT2D eigenvalue weighted by atomic mass is 15.3. The Kier molecular flexibility index (Phi) is 4.43. The standard InChI is InChI=1S/C19H25N5/c1-14(16-6-8-20-9-7-16)21-11-15-12-24(13-15)19-10-17-4-2-3-5-18(17)22-23-19/h6-10,14-15,21H,2-5,11-13H2,1H3. The van der Waals surface area contributed by atoms with E-state index < -0.39 is 0 Å². The van der Waals surface area contributed by atoms with Gasteiger partial charge in [0.25, 0.3) is 0 Å². The molecule has 0 radical (unpaired) electrons. The maximum Gasteiger partial charge on any atom is 0.151 e. The number of pyridine rings is 1. The maximum atomic E-state index is 4.45. The smallest absolute Gasteiger partial charge is 0.151 e. The largest absolute Gasteiger partial charge is 0.354 e. The number of nitrogens with one attached hydrogen (secondary N) is 1. The van der Waals surface area contributed by atoms with Gasteiger partial charge in [-0.15, -0.1) is 5.10 Å². The van der Waals surface area contributed by atoms with Crippen LogP contribution < -0.4 is 10.2 Å². The molecule has 1 aliphatic carbocycles. The molecule has 2 aromatic rings. The summed E-state index contributed by atoms with van der Waals surface area (Å²) in [5, 5.41) is 12.5. The zero-order valence-corrected chi connectivity index (χ0v) is 14.3. The summed E-state index contributed by atoms with van der Waals surface area (Å²) in [7, 11) is 0. The van der Waals surface area contributed by atoms with Gasteiger partial charge in [0.05, 0.1) is 5.69 Å². The third-order valence-corrected chi connectivity index (χ3v) is 5.26. The minimum atomic E-state index is 0.366. The quantitative estimate of drug-likeness (QED) is 0.916. The van der Waals surface area contributed by atoms with Crippen LogP contribution >= 0.6 is 0 Å². The van der Waals surface area contributed by atoms with Crippen molar-refractivity contribution >= 4 is 5.82 Å². The third-order valence-electron chi connectivity index (χ3n) is 5.26. The molecular formula is C19H25N5. The van der Waals surface area contributed by atoms with Crippen LogP contribution in [0.4, 0.5) is 5.82 Å². The van der Waals surface area contributed by atoms with E-state index in [0.717, 1.165) is 31.9 Å². The lowest BCUT2D eigenvalue weighted by molar-refractivity contribution is 0.365. The van der Waals surface area contributed by atoms with E-state index in [4.69, 9.17) is 0 Å². The molecule has 4 rings (SSSR count). The van der Waals surface area contributed by atoms with Crippen LogP contribution in [0.5, 0.6) is 0 Å². The fourth-order valence-corrected chi connectivity index (χ4v) is 3.63. The molecule has 1 saturated heterocycles. The molecule has 0 saturated carbocycles. The number of aryl methyl sites for hydroxylation is 2. The van der Waals surface area contributed by atoms with Gasteiger partial charge in [0.2, 0.25) is 0 Å². The molecule has 5 nitrogen and oxygen atoms in total. The van der Waals surface area contributed by atoms with Crippen molar-refractivity contribution in [2.75, 3.05) is 24.5 Å². The molecule has 1 fully saturated rings. The number of rotatable bonds is 5. The molecule has 0 spiro atoms. The van der Waals surface area contributed by atoms with Crippen LogP contribution in [0, 0.1) is 5.92 Å². The Bertz CT molecular complexity index is 681. The summed E-state index contributed by atoms with van der Waals surface area (Å²) in [5.74, 6) is 1.75. The van der Waals surface area contributed by atoms with Crippen molar-refractivity contribution in [3.05, 3.63) is 47.4 Å². The van der Waals surface area contributed by atoms with E-state index in [1.807, 2.05) is 12.4 Å². The van der Waals surface area contributed by atoms with Gasteiger partial charge in [-0.2, -0.15) is 5.10 Å². The Labute approximate surface area is 143 Å². The lowest BCUT2D eigenvalue weighted by atomic mass is 9.95. The first-order valence-corrected chi connectivity index (χ1v) is 9.03. The Balaban J connectivity index is 1.28. The van der Waals surface area contributed by atoms with Gasteiger partial charge in [0.1, 0.15) is 0 Å². The van der Waals surface area contributed by atoms with Crippen molar-refractivity contribution < 1.29 is 0 Å². The topological polar surface area (TPSA) is 53.9 Å². The summed E-state index contributed by atoms with van der Waals surface area (Å²) in [5.41, 5.74) is 3.93. The van der Waals surface area contributed by atoms with E-state index >= 15 is 0 Å². The minimum absolute atomic E-state index is 0.366. The fraction of sp³-hybridized carbons (Fsp3) is 0.526. The molecule has 0 bridgehead atoms. The van der Waals surface area contributed by atoms with Gasteiger partial charge in [-0.1, -0.05) is 0 Å². The molecule has 1 aliphatic heterocycles. The highest BCUT2D eigenvalue weighted by Crippen LogP contribution is 2.26. The van der Waals surface area contributed by atoms with Crippen LogP contribution in [0.25, 0.3) is 0 Å². The van der Waals surface area contributed by atoms with Gasteiger partial charge in [-0.05, 0) is 61.9 Å². The number of hydrogen-bond acceptors (Lipinski definition) is 5.